The summed E-state index contributed by atoms with van der Waals surface area (Å²) in [4.78, 5) is 0. The average Bonchev–Trinajstić information content (AvgIpc) is 2.38. The molecule has 1 aliphatic carbocycles. The van der Waals surface area contributed by atoms with E-state index in [1.165, 1.54) is 25.7 Å². The number of nitriles is 1. The van der Waals surface area contributed by atoms with E-state index < -0.39 is 0 Å². The number of nitrogens with zero attached hydrogens (tertiary/aromatic N) is 1. The summed E-state index contributed by atoms with van der Waals surface area (Å²) in [6.07, 6.45) is 5.63. The standard InChI is InChI=1S/C8H14N2/c9-6-5-8(10)7-3-1-2-4-7/h7-8H,1-5,10H2. The molecule has 10 heavy (non-hydrogen) atoms. The predicted molar refractivity (Wildman–Crippen MR) is 40.2 cm³/mol. The average molecular weight is 138 g/mol. The van der Waals surface area contributed by atoms with Gasteiger partial charge in [-0.15, -0.1) is 0 Å². The van der Waals surface area contributed by atoms with Gasteiger partial charge in [0.1, 0.15) is 0 Å². The minimum Gasteiger partial charge on any atom is -0.327 e. The summed E-state index contributed by atoms with van der Waals surface area (Å²) in [5.41, 5.74) is 5.77. The van der Waals surface area contributed by atoms with Crippen molar-refractivity contribution in [2.24, 2.45) is 11.7 Å². The van der Waals surface area contributed by atoms with Gasteiger partial charge in [0.2, 0.25) is 0 Å². The largest absolute Gasteiger partial charge is 0.327 e. The van der Waals surface area contributed by atoms with Crippen LogP contribution < -0.4 is 5.73 Å². The highest BCUT2D eigenvalue weighted by Gasteiger charge is 2.21. The van der Waals surface area contributed by atoms with Crippen molar-refractivity contribution >= 4 is 0 Å². The molecule has 1 atom stereocenters. The van der Waals surface area contributed by atoms with E-state index in [0.717, 1.165) is 0 Å². The summed E-state index contributed by atoms with van der Waals surface area (Å²) >= 11 is 0. The van der Waals surface area contributed by atoms with E-state index in [-0.39, 0.29) is 6.04 Å². The Morgan fingerprint density at radius 2 is 2.10 bits per heavy atom. The highest BCUT2D eigenvalue weighted by Crippen LogP contribution is 2.27. The van der Waals surface area contributed by atoms with E-state index in [4.69, 9.17) is 11.0 Å². The minimum atomic E-state index is 0.146. The van der Waals surface area contributed by atoms with Gasteiger partial charge in [-0.2, -0.15) is 5.26 Å². The Morgan fingerprint density at radius 3 is 2.60 bits per heavy atom. The Morgan fingerprint density at radius 1 is 1.50 bits per heavy atom. The molecule has 1 aliphatic rings. The van der Waals surface area contributed by atoms with Crippen molar-refractivity contribution in [1.82, 2.24) is 0 Å². The number of hydrogen-bond acceptors (Lipinski definition) is 2. The second-order valence-corrected chi connectivity index (χ2v) is 3.07. The molecule has 0 aromatic rings. The Balaban J connectivity index is 2.26. The van der Waals surface area contributed by atoms with Crippen molar-refractivity contribution in [2.75, 3.05) is 0 Å². The lowest BCUT2D eigenvalue weighted by Crippen LogP contribution is -2.27. The Labute approximate surface area is 62.0 Å². The highest BCUT2D eigenvalue weighted by molar-refractivity contribution is 4.85. The van der Waals surface area contributed by atoms with Crippen LogP contribution in [0.3, 0.4) is 0 Å². The molecule has 2 nitrogen and oxygen atoms in total. The van der Waals surface area contributed by atoms with Crippen LogP contribution in [0.4, 0.5) is 0 Å². The molecule has 0 amide bonds. The monoisotopic (exact) mass is 138 g/mol. The number of hydrogen-bond donors (Lipinski definition) is 1. The lowest BCUT2D eigenvalue weighted by atomic mass is 9.97. The van der Waals surface area contributed by atoms with Crippen LogP contribution in [0.1, 0.15) is 32.1 Å². The van der Waals surface area contributed by atoms with E-state index in [1.54, 1.807) is 0 Å². The van der Waals surface area contributed by atoms with E-state index in [9.17, 15) is 0 Å². The predicted octanol–water partition coefficient (Wildman–Crippen LogP) is 1.42. The molecule has 2 heteroatoms. The molecule has 0 saturated heterocycles. The number of rotatable bonds is 2. The van der Waals surface area contributed by atoms with Gasteiger partial charge in [-0.25, -0.2) is 0 Å². The Bertz CT molecular complexity index is 131. The minimum absolute atomic E-state index is 0.146. The summed E-state index contributed by atoms with van der Waals surface area (Å²) in [7, 11) is 0. The van der Waals surface area contributed by atoms with Gasteiger partial charge in [0.25, 0.3) is 0 Å². The third kappa shape index (κ3) is 1.71. The fourth-order valence-corrected chi connectivity index (χ4v) is 1.66. The molecule has 0 aromatic heterocycles. The van der Waals surface area contributed by atoms with Crippen LogP contribution in [-0.2, 0) is 0 Å². The van der Waals surface area contributed by atoms with Crippen LogP contribution >= 0.6 is 0 Å². The quantitative estimate of drug-likeness (QED) is 0.627. The second kappa shape index (κ2) is 3.58. The third-order valence-electron chi connectivity index (χ3n) is 2.33. The van der Waals surface area contributed by atoms with Crippen molar-refractivity contribution in [3.05, 3.63) is 0 Å². The van der Waals surface area contributed by atoms with Crippen molar-refractivity contribution in [3.8, 4) is 6.07 Å². The van der Waals surface area contributed by atoms with Gasteiger partial charge in [0.15, 0.2) is 0 Å². The maximum absolute atomic E-state index is 8.37. The van der Waals surface area contributed by atoms with E-state index in [2.05, 4.69) is 6.07 Å². The first-order chi connectivity index (χ1) is 4.84. The van der Waals surface area contributed by atoms with Gasteiger partial charge in [0.05, 0.1) is 12.5 Å². The van der Waals surface area contributed by atoms with Crippen LogP contribution in [0, 0.1) is 17.2 Å². The molecule has 1 fully saturated rings. The topological polar surface area (TPSA) is 49.8 Å². The lowest BCUT2D eigenvalue weighted by molar-refractivity contribution is 0.437. The maximum atomic E-state index is 8.37. The first-order valence-electron chi connectivity index (χ1n) is 3.97. The van der Waals surface area contributed by atoms with Crippen molar-refractivity contribution in [3.63, 3.8) is 0 Å². The Kier molecular flexibility index (Phi) is 2.70. The zero-order valence-electron chi connectivity index (χ0n) is 6.21. The van der Waals surface area contributed by atoms with E-state index in [1.807, 2.05) is 0 Å². The van der Waals surface area contributed by atoms with Gasteiger partial charge in [-0.05, 0) is 18.8 Å². The Hall–Kier alpha value is -0.550. The molecule has 1 unspecified atom stereocenters. The molecule has 0 aromatic carbocycles. The smallest absolute Gasteiger partial charge is 0.0638 e. The molecular weight excluding hydrogens is 124 g/mol. The molecule has 0 bridgehead atoms. The number of nitrogens with two attached hydrogens (primary N) is 1. The molecule has 0 heterocycles. The summed E-state index contributed by atoms with van der Waals surface area (Å²) in [6.45, 7) is 0. The molecule has 0 radical (unpaired) electrons. The molecule has 1 saturated carbocycles. The molecule has 0 spiro atoms. The highest BCUT2D eigenvalue weighted by atomic mass is 14.6. The van der Waals surface area contributed by atoms with Crippen LogP contribution in [0.2, 0.25) is 0 Å². The van der Waals surface area contributed by atoms with Crippen molar-refractivity contribution < 1.29 is 0 Å². The molecular formula is C8H14N2. The molecule has 0 aliphatic heterocycles. The second-order valence-electron chi connectivity index (χ2n) is 3.07. The fraction of sp³-hybridized carbons (Fsp3) is 0.875. The van der Waals surface area contributed by atoms with Gasteiger partial charge in [-0.3, -0.25) is 0 Å². The summed E-state index contributed by atoms with van der Waals surface area (Å²) in [5, 5.41) is 8.37. The van der Waals surface area contributed by atoms with Crippen molar-refractivity contribution in [1.29, 1.82) is 5.26 Å². The fourth-order valence-electron chi connectivity index (χ4n) is 1.66. The SMILES string of the molecule is N#CCC(N)C1CCCC1. The van der Waals surface area contributed by atoms with E-state index >= 15 is 0 Å². The van der Waals surface area contributed by atoms with Gasteiger partial charge in [0, 0.05) is 6.04 Å². The van der Waals surface area contributed by atoms with Gasteiger partial charge < -0.3 is 5.73 Å². The molecule has 2 N–H and O–H groups in total. The maximum Gasteiger partial charge on any atom is 0.0638 e. The van der Waals surface area contributed by atoms with E-state index in [0.29, 0.717) is 12.3 Å². The van der Waals surface area contributed by atoms with Crippen molar-refractivity contribution in [2.45, 2.75) is 38.1 Å². The van der Waals surface area contributed by atoms with Gasteiger partial charge >= 0.3 is 0 Å². The van der Waals surface area contributed by atoms with Crippen LogP contribution in [0.15, 0.2) is 0 Å². The molecule has 1 rings (SSSR count). The van der Waals surface area contributed by atoms with Crippen LogP contribution in [0.25, 0.3) is 0 Å². The zero-order chi connectivity index (χ0) is 7.40. The normalized spacial score (nSPS) is 22.4. The first kappa shape index (κ1) is 7.56. The lowest BCUT2D eigenvalue weighted by Gasteiger charge is -2.14. The van der Waals surface area contributed by atoms with Crippen LogP contribution in [0.5, 0.6) is 0 Å². The van der Waals surface area contributed by atoms with Crippen LogP contribution in [-0.4, -0.2) is 6.04 Å². The summed E-state index contributed by atoms with van der Waals surface area (Å²) < 4.78 is 0. The zero-order valence-corrected chi connectivity index (χ0v) is 6.21. The first-order valence-corrected chi connectivity index (χ1v) is 3.97. The molecule has 56 valence electrons. The van der Waals surface area contributed by atoms with Gasteiger partial charge in [-0.1, -0.05) is 12.8 Å². The summed E-state index contributed by atoms with van der Waals surface area (Å²) in [5.74, 6) is 0.639. The third-order valence-corrected chi connectivity index (χ3v) is 2.33. The summed E-state index contributed by atoms with van der Waals surface area (Å²) in [6, 6.07) is 2.27.